The maximum Gasteiger partial charge on any atom is 0.336 e. The van der Waals surface area contributed by atoms with Crippen LogP contribution >= 0.6 is 0 Å². The van der Waals surface area contributed by atoms with Crippen LogP contribution in [-0.2, 0) is 11.2 Å². The Morgan fingerprint density at radius 3 is 2.62 bits per heavy atom. The fourth-order valence-electron chi connectivity index (χ4n) is 3.43. The van der Waals surface area contributed by atoms with Crippen LogP contribution < -0.4 is 10.6 Å². The molecule has 1 aliphatic heterocycles. The molecule has 1 fully saturated rings. The minimum Gasteiger partial charge on any atom is -0.478 e. The largest absolute Gasteiger partial charge is 0.478 e. The number of benzene rings is 1. The molecule has 3 rings (SSSR count). The monoisotopic (exact) mass is 288 g/mol. The van der Waals surface area contributed by atoms with E-state index < -0.39 is 11.4 Å². The molecule has 0 atom stereocenters. The van der Waals surface area contributed by atoms with E-state index in [0.717, 1.165) is 36.9 Å². The number of rotatable bonds is 3. The second-order valence-electron chi connectivity index (χ2n) is 6.01. The fourth-order valence-corrected chi connectivity index (χ4v) is 3.43. The molecular weight excluding hydrogens is 268 g/mol. The third-order valence-electron chi connectivity index (χ3n) is 4.88. The number of carbonyl (C=O) groups is 2. The summed E-state index contributed by atoms with van der Waals surface area (Å²) in [6.07, 6.45) is 4.22. The molecule has 1 aromatic carbocycles. The number of anilines is 1. The molecule has 112 valence electrons. The highest BCUT2D eigenvalue weighted by molar-refractivity contribution is 6.01. The number of nitrogens with two attached hydrogens (primary N) is 1. The molecule has 0 radical (unpaired) electrons. The van der Waals surface area contributed by atoms with Crippen LogP contribution in [0.4, 0.5) is 5.69 Å². The van der Waals surface area contributed by atoms with Gasteiger partial charge in [0.05, 0.1) is 11.0 Å². The molecule has 0 aromatic heterocycles. The van der Waals surface area contributed by atoms with Gasteiger partial charge in [0.1, 0.15) is 0 Å². The predicted octanol–water partition coefficient (Wildman–Crippen LogP) is 1.79. The average Bonchev–Trinajstić information content (AvgIpc) is 2.45. The van der Waals surface area contributed by atoms with E-state index in [-0.39, 0.29) is 5.91 Å². The predicted molar refractivity (Wildman–Crippen MR) is 79.4 cm³/mol. The SMILES string of the molecule is NCC1(C(=O)N2CCCc3c(C(=O)O)cccc32)CCC1. The van der Waals surface area contributed by atoms with Crippen molar-refractivity contribution in [3.63, 3.8) is 0 Å². The number of carboxylic acids is 1. The first kappa shape index (κ1) is 14.1. The Bertz CT molecular complexity index is 588. The van der Waals surface area contributed by atoms with Crippen LogP contribution in [0.25, 0.3) is 0 Å². The van der Waals surface area contributed by atoms with Crippen LogP contribution in [0.2, 0.25) is 0 Å². The molecule has 0 spiro atoms. The van der Waals surface area contributed by atoms with Crippen molar-refractivity contribution in [3.8, 4) is 0 Å². The quantitative estimate of drug-likeness (QED) is 0.888. The van der Waals surface area contributed by atoms with Gasteiger partial charge in [-0.05, 0) is 43.4 Å². The lowest BCUT2D eigenvalue weighted by Crippen LogP contribution is -2.53. The lowest BCUT2D eigenvalue weighted by Gasteiger charge is -2.44. The number of carboxylic acid groups (broad SMARTS) is 1. The fraction of sp³-hybridized carbons (Fsp3) is 0.500. The first-order valence-corrected chi connectivity index (χ1v) is 7.46. The van der Waals surface area contributed by atoms with Crippen molar-refractivity contribution in [2.24, 2.45) is 11.1 Å². The van der Waals surface area contributed by atoms with Gasteiger partial charge in [0.2, 0.25) is 5.91 Å². The number of carbonyl (C=O) groups excluding carboxylic acids is 1. The Morgan fingerprint density at radius 1 is 1.29 bits per heavy atom. The van der Waals surface area contributed by atoms with E-state index in [1.165, 1.54) is 0 Å². The lowest BCUT2D eigenvalue weighted by molar-refractivity contribution is -0.132. The Hall–Kier alpha value is -1.88. The number of amides is 1. The summed E-state index contributed by atoms with van der Waals surface area (Å²) in [4.78, 5) is 26.0. The van der Waals surface area contributed by atoms with E-state index in [0.29, 0.717) is 25.1 Å². The first-order valence-electron chi connectivity index (χ1n) is 7.46. The molecule has 0 saturated heterocycles. The van der Waals surface area contributed by atoms with Crippen molar-refractivity contribution >= 4 is 17.6 Å². The van der Waals surface area contributed by atoms with E-state index in [4.69, 9.17) is 5.73 Å². The summed E-state index contributed by atoms with van der Waals surface area (Å²) in [7, 11) is 0. The van der Waals surface area contributed by atoms with Crippen molar-refractivity contribution in [1.29, 1.82) is 0 Å². The highest BCUT2D eigenvalue weighted by Crippen LogP contribution is 2.43. The van der Waals surface area contributed by atoms with Gasteiger partial charge < -0.3 is 15.7 Å². The normalized spacial score (nSPS) is 19.6. The van der Waals surface area contributed by atoms with Crippen LogP contribution in [0.15, 0.2) is 18.2 Å². The maximum absolute atomic E-state index is 12.9. The van der Waals surface area contributed by atoms with E-state index in [1.54, 1.807) is 17.0 Å². The average molecular weight is 288 g/mol. The van der Waals surface area contributed by atoms with Crippen molar-refractivity contribution in [3.05, 3.63) is 29.3 Å². The number of hydrogen-bond acceptors (Lipinski definition) is 3. The number of nitrogens with zero attached hydrogens (tertiary/aromatic N) is 1. The van der Waals surface area contributed by atoms with Gasteiger partial charge in [0.25, 0.3) is 0 Å². The smallest absolute Gasteiger partial charge is 0.336 e. The molecule has 5 nitrogen and oxygen atoms in total. The van der Waals surface area contributed by atoms with Gasteiger partial charge in [-0.1, -0.05) is 12.5 Å². The summed E-state index contributed by atoms with van der Waals surface area (Å²) < 4.78 is 0. The van der Waals surface area contributed by atoms with Gasteiger partial charge in [-0.25, -0.2) is 4.79 Å². The van der Waals surface area contributed by atoms with Gasteiger partial charge in [0.15, 0.2) is 0 Å². The van der Waals surface area contributed by atoms with Crippen LogP contribution in [0.3, 0.4) is 0 Å². The van der Waals surface area contributed by atoms with Crippen LogP contribution in [0.5, 0.6) is 0 Å². The minimum atomic E-state index is -0.932. The molecule has 2 aliphatic rings. The Labute approximate surface area is 123 Å². The summed E-state index contributed by atoms with van der Waals surface area (Å²) in [5.74, 6) is -0.863. The highest BCUT2D eigenvalue weighted by atomic mass is 16.4. The topological polar surface area (TPSA) is 83.6 Å². The summed E-state index contributed by atoms with van der Waals surface area (Å²) >= 11 is 0. The third-order valence-corrected chi connectivity index (χ3v) is 4.88. The van der Waals surface area contributed by atoms with Crippen molar-refractivity contribution in [2.75, 3.05) is 18.0 Å². The molecule has 1 heterocycles. The summed E-state index contributed by atoms with van der Waals surface area (Å²) in [6.45, 7) is 1.02. The molecule has 1 aromatic rings. The van der Waals surface area contributed by atoms with Gasteiger partial charge in [-0.3, -0.25) is 4.79 Å². The number of aromatic carboxylic acids is 1. The van der Waals surface area contributed by atoms with E-state index in [2.05, 4.69) is 0 Å². The standard InChI is InChI=1S/C16H20N2O3/c17-10-16(7-3-8-16)15(21)18-9-2-5-11-12(14(19)20)4-1-6-13(11)18/h1,4,6H,2-3,5,7-10,17H2,(H,19,20). The molecule has 0 bridgehead atoms. The summed E-state index contributed by atoms with van der Waals surface area (Å²) in [5, 5.41) is 9.31. The zero-order valence-corrected chi connectivity index (χ0v) is 12.0. The van der Waals surface area contributed by atoms with E-state index in [1.807, 2.05) is 6.07 Å². The van der Waals surface area contributed by atoms with Crippen molar-refractivity contribution in [1.82, 2.24) is 0 Å². The third kappa shape index (κ3) is 2.12. The van der Waals surface area contributed by atoms with Crippen LogP contribution in [0.1, 0.15) is 41.6 Å². The van der Waals surface area contributed by atoms with Gasteiger partial charge in [-0.15, -0.1) is 0 Å². The Kier molecular flexibility index (Phi) is 3.45. The number of fused-ring (bicyclic) bond motifs is 1. The highest BCUT2D eigenvalue weighted by Gasteiger charge is 2.46. The first-order chi connectivity index (χ1) is 10.1. The minimum absolute atomic E-state index is 0.0692. The Balaban J connectivity index is 1.99. The lowest BCUT2D eigenvalue weighted by atomic mass is 9.67. The van der Waals surface area contributed by atoms with E-state index in [9.17, 15) is 14.7 Å². The number of hydrogen-bond donors (Lipinski definition) is 2. The molecule has 1 amide bonds. The molecular formula is C16H20N2O3. The molecule has 3 N–H and O–H groups in total. The summed E-state index contributed by atoms with van der Waals surface area (Å²) in [5.41, 5.74) is 7.25. The maximum atomic E-state index is 12.9. The molecule has 5 heteroatoms. The van der Waals surface area contributed by atoms with Crippen LogP contribution in [0, 0.1) is 5.41 Å². The van der Waals surface area contributed by atoms with Crippen LogP contribution in [-0.4, -0.2) is 30.1 Å². The molecule has 21 heavy (non-hydrogen) atoms. The molecule has 1 aliphatic carbocycles. The van der Waals surface area contributed by atoms with Crippen molar-refractivity contribution < 1.29 is 14.7 Å². The second-order valence-corrected chi connectivity index (χ2v) is 6.01. The zero-order valence-electron chi connectivity index (χ0n) is 12.0. The van der Waals surface area contributed by atoms with E-state index >= 15 is 0 Å². The van der Waals surface area contributed by atoms with Gasteiger partial charge in [0, 0.05) is 18.8 Å². The molecule has 1 saturated carbocycles. The zero-order chi connectivity index (χ0) is 15.0. The molecule has 0 unspecified atom stereocenters. The van der Waals surface area contributed by atoms with Gasteiger partial charge >= 0.3 is 5.97 Å². The van der Waals surface area contributed by atoms with Crippen molar-refractivity contribution in [2.45, 2.75) is 32.1 Å². The summed E-state index contributed by atoms with van der Waals surface area (Å²) in [6, 6.07) is 5.17. The Morgan fingerprint density at radius 2 is 2.05 bits per heavy atom. The second kappa shape index (κ2) is 5.15. The van der Waals surface area contributed by atoms with Gasteiger partial charge in [-0.2, -0.15) is 0 Å².